The molecule has 0 aromatic heterocycles. The van der Waals surface area contributed by atoms with E-state index >= 15 is 0 Å². The van der Waals surface area contributed by atoms with Gasteiger partial charge in [-0.05, 0) is 83.0 Å². The van der Waals surface area contributed by atoms with Crippen molar-refractivity contribution in [1.82, 2.24) is 4.90 Å². The molecule has 3 saturated heterocycles. The molecule has 0 aromatic carbocycles. The largest absolute Gasteiger partial charge is 0.456 e. The second-order valence-corrected chi connectivity index (χ2v) is 18.0. The lowest BCUT2D eigenvalue weighted by Crippen LogP contribution is -2.77. The second-order valence-electron chi connectivity index (χ2n) is 18.0. The molecule has 12 nitrogen and oxygen atoms in total. The van der Waals surface area contributed by atoms with Crippen LogP contribution in [0.1, 0.15) is 99.8 Å². The molecule has 278 valence electrons. The average molecular weight is 694 g/mol. The zero-order chi connectivity index (χ0) is 35.9. The van der Waals surface area contributed by atoms with Crippen LogP contribution in [0.4, 0.5) is 0 Å². The lowest BCUT2D eigenvalue weighted by molar-refractivity contribution is -0.301. The van der Waals surface area contributed by atoms with Crippen molar-refractivity contribution in [3.8, 4) is 0 Å². The van der Waals surface area contributed by atoms with E-state index in [2.05, 4.69) is 11.8 Å². The number of carbonyl (C=O) groups excluding carboxylic acids is 2. The fourth-order valence-electron chi connectivity index (χ4n) is 12.5. The molecule has 0 radical (unpaired) electrons. The van der Waals surface area contributed by atoms with Crippen LogP contribution >= 0.6 is 0 Å². The summed E-state index contributed by atoms with van der Waals surface area (Å²) in [4.78, 5) is 28.9. The Morgan fingerprint density at radius 3 is 2.41 bits per heavy atom. The third-order valence-electron chi connectivity index (χ3n) is 15.4. The first-order valence-electron chi connectivity index (χ1n) is 18.9. The van der Waals surface area contributed by atoms with Crippen LogP contribution in [0.5, 0.6) is 0 Å². The number of esters is 2. The van der Waals surface area contributed by atoms with Crippen LogP contribution in [0, 0.1) is 46.8 Å². The minimum Gasteiger partial charge on any atom is -0.456 e. The van der Waals surface area contributed by atoms with E-state index in [1.165, 1.54) is 6.92 Å². The summed E-state index contributed by atoms with van der Waals surface area (Å²) in [6, 6.07) is -0.251. The Balaban J connectivity index is 1.36. The first-order chi connectivity index (χ1) is 22.7. The fraction of sp³-hybridized carbons (Fsp3) is 0.946. The Morgan fingerprint density at radius 1 is 1.06 bits per heavy atom. The molecule has 6 N–H and O–H groups in total. The van der Waals surface area contributed by atoms with Crippen LogP contribution in [0.25, 0.3) is 0 Å². The van der Waals surface area contributed by atoms with Gasteiger partial charge in [0, 0.05) is 42.3 Å². The van der Waals surface area contributed by atoms with Crippen molar-refractivity contribution in [2.24, 2.45) is 46.8 Å². The summed E-state index contributed by atoms with van der Waals surface area (Å²) in [6.07, 6.45) is -2.08. The molecule has 10 unspecified atom stereocenters. The van der Waals surface area contributed by atoms with Crippen LogP contribution in [-0.2, 0) is 23.8 Å². The van der Waals surface area contributed by atoms with Gasteiger partial charge in [-0.15, -0.1) is 0 Å². The molecule has 3 heterocycles. The van der Waals surface area contributed by atoms with Gasteiger partial charge in [-0.25, -0.2) is 4.79 Å². The van der Waals surface area contributed by atoms with Crippen molar-refractivity contribution in [1.29, 1.82) is 0 Å². The lowest BCUT2D eigenvalue weighted by Gasteiger charge is -2.64. The Labute approximate surface area is 289 Å². The number of rotatable bonds is 6. The van der Waals surface area contributed by atoms with Gasteiger partial charge in [-0.1, -0.05) is 34.6 Å². The third kappa shape index (κ3) is 4.56. The fourth-order valence-corrected chi connectivity index (χ4v) is 12.5. The van der Waals surface area contributed by atoms with E-state index in [-0.39, 0.29) is 31.2 Å². The van der Waals surface area contributed by atoms with E-state index in [9.17, 15) is 40.2 Å². The maximum absolute atomic E-state index is 13.6. The molecule has 0 aromatic rings. The molecule has 4 saturated carbocycles. The molecule has 49 heavy (non-hydrogen) atoms. The summed E-state index contributed by atoms with van der Waals surface area (Å²) in [7, 11) is 0. The van der Waals surface area contributed by atoms with E-state index in [1.807, 2.05) is 13.8 Å². The number of aliphatic hydroxyl groups excluding tert-OH is 2. The Morgan fingerprint density at radius 2 is 1.76 bits per heavy atom. The number of hydrogen-bond acceptors (Lipinski definition) is 12. The highest BCUT2D eigenvalue weighted by Crippen LogP contribution is 2.77. The summed E-state index contributed by atoms with van der Waals surface area (Å²) in [5.41, 5.74) is -7.49. The third-order valence-corrected chi connectivity index (χ3v) is 15.4. The summed E-state index contributed by atoms with van der Waals surface area (Å²) < 4.78 is 18.9. The van der Waals surface area contributed by atoms with Gasteiger partial charge in [0.25, 0.3) is 0 Å². The zero-order valence-corrected chi connectivity index (χ0v) is 30.2. The molecule has 7 aliphatic rings. The second kappa shape index (κ2) is 11.3. The number of hydrogen-bond donors (Lipinski definition) is 6. The Hall–Kier alpha value is -1.38. The molecule has 0 amide bonds. The molecule has 7 fully saturated rings. The van der Waals surface area contributed by atoms with E-state index < -0.39 is 99.6 Å². The molecule has 1 spiro atoms. The predicted octanol–water partition coefficient (Wildman–Crippen LogP) is 1.49. The molecule has 4 aliphatic carbocycles. The summed E-state index contributed by atoms with van der Waals surface area (Å²) in [5.74, 6) is -7.09. The van der Waals surface area contributed by atoms with Crippen LogP contribution in [0.2, 0.25) is 0 Å². The minimum absolute atomic E-state index is 0.0259. The van der Waals surface area contributed by atoms with E-state index in [0.29, 0.717) is 31.7 Å². The number of piperidine rings is 2. The topological polar surface area (TPSA) is 186 Å². The molecule has 3 aliphatic heterocycles. The highest BCUT2D eigenvalue weighted by atomic mass is 16.7. The van der Waals surface area contributed by atoms with Crippen LogP contribution in [-0.4, -0.2) is 119 Å². The van der Waals surface area contributed by atoms with Gasteiger partial charge in [0.2, 0.25) is 5.79 Å². The quantitative estimate of drug-likeness (QED) is 0.221. The summed E-state index contributed by atoms with van der Waals surface area (Å²) in [6.45, 7) is 13.8. The number of fused-ring (bicyclic) bond motifs is 5. The number of carbonyl (C=O) groups is 2. The van der Waals surface area contributed by atoms with Gasteiger partial charge < -0.3 is 44.8 Å². The monoisotopic (exact) mass is 693 g/mol. The van der Waals surface area contributed by atoms with Crippen molar-refractivity contribution < 1.29 is 54.4 Å². The number of aliphatic hydroxyl groups is 6. The first kappa shape index (κ1) is 36.0. The van der Waals surface area contributed by atoms with E-state index in [1.54, 1.807) is 20.8 Å². The Bertz CT molecular complexity index is 1360. The van der Waals surface area contributed by atoms with Gasteiger partial charge in [0.05, 0.1) is 29.3 Å². The normalized spacial score (nSPS) is 54.8. The minimum atomic E-state index is -2.05. The highest BCUT2D eigenvalue weighted by molar-refractivity contribution is 5.79. The summed E-state index contributed by atoms with van der Waals surface area (Å²) in [5, 5.41) is 73.7. The Kier molecular flexibility index (Phi) is 8.31. The van der Waals surface area contributed by atoms with Crippen molar-refractivity contribution in [3.05, 3.63) is 0 Å². The van der Waals surface area contributed by atoms with Crippen molar-refractivity contribution in [3.63, 3.8) is 0 Å². The maximum atomic E-state index is 13.6. The summed E-state index contributed by atoms with van der Waals surface area (Å²) >= 11 is 0. The average Bonchev–Trinajstić information content (AvgIpc) is 3.31. The molecule has 12 heteroatoms. The van der Waals surface area contributed by atoms with Gasteiger partial charge in [-0.2, -0.15) is 0 Å². The van der Waals surface area contributed by atoms with Crippen molar-refractivity contribution >= 4 is 11.9 Å². The highest BCUT2D eigenvalue weighted by Gasteiger charge is 2.87. The van der Waals surface area contributed by atoms with Gasteiger partial charge in [0.1, 0.15) is 5.60 Å². The first-order valence-corrected chi connectivity index (χ1v) is 18.9. The van der Waals surface area contributed by atoms with Crippen LogP contribution in [0.15, 0.2) is 0 Å². The predicted molar refractivity (Wildman–Crippen MR) is 174 cm³/mol. The molecular formula is C37H59NO11. The van der Waals surface area contributed by atoms with Gasteiger partial charge in [-0.3, -0.25) is 9.69 Å². The number of ether oxygens (including phenoxy) is 3. The maximum Gasteiger partial charge on any atom is 0.338 e. The zero-order valence-electron chi connectivity index (χ0n) is 30.2. The van der Waals surface area contributed by atoms with Gasteiger partial charge >= 0.3 is 11.9 Å². The molecule has 7 rings (SSSR count). The van der Waals surface area contributed by atoms with Crippen molar-refractivity contribution in [2.75, 3.05) is 13.1 Å². The number of nitrogens with zero attached hydrogens (tertiary/aromatic N) is 1. The van der Waals surface area contributed by atoms with E-state index in [0.717, 1.165) is 19.4 Å². The van der Waals surface area contributed by atoms with Crippen LogP contribution < -0.4 is 0 Å². The SMILES string of the molecule is CCC(C)C(=O)O[C@H]1CC[C@@]2(C)[C@@H]3CC(O)[C@H]4C5(O)C(OC(=O)C(C)(O)CC)C(O)C6[C@@H](CN7C[C@@H](C)CCC7[C@@]6(C)O)C5CC42O[C@@]13O. The smallest absolute Gasteiger partial charge is 0.338 e. The molecular weight excluding hydrogens is 634 g/mol. The van der Waals surface area contributed by atoms with Gasteiger partial charge in [0.15, 0.2) is 17.8 Å². The standard InChI is InChI=1S/C37H59NO11/c1-8-19(4)30(41)47-25-12-13-32(5)23-14-22(39)28-35(32,49-37(23,25)46)15-21-20-17-38-16-18(3)10-11-24(38)34(7,44)26(20)27(40)29(36(21,28)45)48-31(42)33(6,43)9-2/h18-29,39-40,43-46H,8-17H2,1-7H3/t18-,19?,20-,21?,22?,23-,24?,25-,26?,27?,28+,29?,32-,33?,34+,35?,36?,37+/m0/s1. The van der Waals surface area contributed by atoms with Crippen molar-refractivity contribution in [2.45, 2.75) is 158 Å². The van der Waals surface area contributed by atoms with Crippen LogP contribution in [0.3, 0.4) is 0 Å². The van der Waals surface area contributed by atoms with E-state index in [4.69, 9.17) is 14.2 Å². The lowest BCUT2D eigenvalue weighted by atomic mass is 9.49. The molecule has 4 bridgehead atoms. The molecule has 18 atom stereocenters.